The van der Waals surface area contributed by atoms with Crippen LogP contribution in [0.1, 0.15) is 214 Å². The molecule has 0 aliphatic heterocycles. The van der Waals surface area contributed by atoms with Crippen LogP contribution >= 0.6 is 7.82 Å². The van der Waals surface area contributed by atoms with Crippen molar-refractivity contribution in [2.75, 3.05) is 40.9 Å². The van der Waals surface area contributed by atoms with Gasteiger partial charge >= 0.3 is 7.82 Å². The summed E-state index contributed by atoms with van der Waals surface area (Å²) in [5, 5.41) is 3.12. The fourth-order valence-electron chi connectivity index (χ4n) is 6.73. The number of unbranched alkanes of at least 4 members (excludes halogenated alkanes) is 25. The van der Waals surface area contributed by atoms with Crippen molar-refractivity contribution < 1.29 is 32.2 Å². The van der Waals surface area contributed by atoms with Crippen LogP contribution < -0.4 is 5.32 Å². The van der Waals surface area contributed by atoms with E-state index in [9.17, 15) is 14.3 Å². The van der Waals surface area contributed by atoms with Crippen molar-refractivity contribution in [1.29, 1.82) is 0 Å². The second-order valence-corrected chi connectivity index (χ2v) is 25.8. The molecule has 0 aromatic carbocycles. The molecule has 0 saturated heterocycles. The molecule has 0 aliphatic carbocycles. The first-order valence-electron chi connectivity index (χ1n) is 24.0. The van der Waals surface area contributed by atoms with Gasteiger partial charge in [0.25, 0.3) is 0 Å². The van der Waals surface area contributed by atoms with Crippen molar-refractivity contribution in [3.05, 3.63) is 12.2 Å². The Hall–Kier alpha value is -0.543. The van der Waals surface area contributed by atoms with Crippen molar-refractivity contribution in [2.24, 2.45) is 0 Å². The smallest absolute Gasteiger partial charge is 0.408 e. The van der Waals surface area contributed by atoms with Gasteiger partial charge in [-0.1, -0.05) is 201 Å². The molecule has 0 rings (SSSR count). The zero-order chi connectivity index (χ0) is 42.9. The van der Waals surface area contributed by atoms with E-state index in [1.807, 2.05) is 21.1 Å². The van der Waals surface area contributed by atoms with Gasteiger partial charge in [0.1, 0.15) is 13.2 Å². The van der Waals surface area contributed by atoms with Gasteiger partial charge in [0.15, 0.2) is 8.32 Å². The molecule has 0 aromatic heterocycles. The number of quaternary nitrogens is 1. The molecule has 1 unspecified atom stereocenters. The average molecular weight is 846 g/mol. The van der Waals surface area contributed by atoms with Crippen molar-refractivity contribution in [2.45, 2.75) is 245 Å². The molecule has 0 saturated carbocycles. The summed E-state index contributed by atoms with van der Waals surface area (Å²) in [5.74, 6) is -0.0698. The summed E-state index contributed by atoms with van der Waals surface area (Å²) in [6, 6.07) is -0.626. The van der Waals surface area contributed by atoms with E-state index < -0.39 is 28.3 Å². The van der Waals surface area contributed by atoms with E-state index in [0.717, 1.165) is 32.1 Å². The summed E-state index contributed by atoms with van der Waals surface area (Å²) in [6.45, 7) is 16.0. The zero-order valence-electron chi connectivity index (χ0n) is 39.6. The minimum atomic E-state index is -4.34. The number of rotatable bonds is 40. The molecule has 57 heavy (non-hydrogen) atoms. The molecule has 8 nitrogen and oxygen atoms in total. The highest BCUT2D eigenvalue weighted by molar-refractivity contribution is 7.47. The van der Waals surface area contributed by atoms with Gasteiger partial charge < -0.3 is 19.1 Å². The lowest BCUT2D eigenvalue weighted by atomic mass is 10.0. The number of carbonyl (C=O) groups is 1. The van der Waals surface area contributed by atoms with Crippen LogP contribution in [0, 0.1) is 0 Å². The predicted octanol–water partition coefficient (Wildman–Crippen LogP) is 14.2. The molecule has 0 heterocycles. The molecule has 340 valence electrons. The molecule has 0 bridgehead atoms. The Labute approximate surface area is 356 Å². The molecule has 10 heteroatoms. The summed E-state index contributed by atoms with van der Waals surface area (Å²) in [7, 11) is -0.626. The number of hydrogen-bond acceptors (Lipinski definition) is 5. The monoisotopic (exact) mass is 846 g/mol. The number of nitrogens with one attached hydrogen (secondary N) is 1. The normalized spacial score (nSPS) is 14.9. The van der Waals surface area contributed by atoms with Crippen LogP contribution in [0.25, 0.3) is 0 Å². The van der Waals surface area contributed by atoms with Crippen molar-refractivity contribution in [3.8, 4) is 0 Å². The van der Waals surface area contributed by atoms with E-state index in [2.05, 4.69) is 65.2 Å². The van der Waals surface area contributed by atoms with Crippen molar-refractivity contribution in [3.63, 3.8) is 0 Å². The molecule has 0 aliphatic rings. The maximum Gasteiger partial charge on any atom is 0.472 e. The van der Waals surface area contributed by atoms with Crippen molar-refractivity contribution >= 4 is 22.0 Å². The Morgan fingerprint density at radius 1 is 0.684 bits per heavy atom. The largest absolute Gasteiger partial charge is 0.472 e. The van der Waals surface area contributed by atoms with Crippen LogP contribution in [0.5, 0.6) is 0 Å². The maximum atomic E-state index is 13.5. The number of likely N-dealkylation sites (N-methyl/N-ethyl adjacent to an activating group) is 1. The van der Waals surface area contributed by atoms with Crippen LogP contribution in [0.4, 0.5) is 0 Å². The summed E-state index contributed by atoms with van der Waals surface area (Å²) >= 11 is 0. The van der Waals surface area contributed by atoms with E-state index in [0.29, 0.717) is 17.4 Å². The number of allylic oxidation sites excluding steroid dienone is 1. The van der Waals surface area contributed by atoms with E-state index in [4.69, 9.17) is 13.5 Å². The topological polar surface area (TPSA) is 94.1 Å². The van der Waals surface area contributed by atoms with Gasteiger partial charge in [-0.25, -0.2) is 4.57 Å². The van der Waals surface area contributed by atoms with Crippen LogP contribution in [0.3, 0.4) is 0 Å². The maximum absolute atomic E-state index is 13.5. The molecule has 0 spiro atoms. The minimum Gasteiger partial charge on any atom is -0.408 e. The van der Waals surface area contributed by atoms with E-state index in [-0.39, 0.29) is 24.2 Å². The Bertz CT molecular complexity index is 1030. The second kappa shape index (κ2) is 34.1. The SMILES string of the molecule is CCCCCCCCCCCCC/C=C/[C@@H](O[Si](C)(C)C(C)(C)C)[C@H](COP(=O)(O)OCC[N+](C)(C)C)NC(=O)CCCCCCCCCCCCCCCCC. The van der Waals surface area contributed by atoms with Gasteiger partial charge in [-0.15, -0.1) is 0 Å². The van der Waals surface area contributed by atoms with Crippen LogP contribution in [-0.4, -0.2) is 76.6 Å². The highest BCUT2D eigenvalue weighted by Gasteiger charge is 2.41. The van der Waals surface area contributed by atoms with E-state index in [1.54, 1.807) is 0 Å². The van der Waals surface area contributed by atoms with Gasteiger partial charge in [0, 0.05) is 6.42 Å². The summed E-state index contributed by atoms with van der Waals surface area (Å²) in [6.07, 6.45) is 38.6. The lowest BCUT2D eigenvalue weighted by Gasteiger charge is -2.40. The fraction of sp³-hybridized carbons (Fsp3) is 0.936. The number of phosphoric acid groups is 1. The number of hydrogen-bond donors (Lipinski definition) is 2. The Morgan fingerprint density at radius 2 is 1.09 bits per heavy atom. The molecular weight excluding hydrogens is 748 g/mol. The van der Waals surface area contributed by atoms with Crippen LogP contribution in [-0.2, 0) is 22.8 Å². The van der Waals surface area contributed by atoms with E-state index in [1.165, 1.54) is 141 Å². The van der Waals surface area contributed by atoms with Gasteiger partial charge in [-0.3, -0.25) is 13.8 Å². The average Bonchev–Trinajstić information content (AvgIpc) is 3.12. The first-order valence-corrected chi connectivity index (χ1v) is 28.4. The molecule has 0 radical (unpaired) electrons. The molecule has 1 amide bonds. The zero-order valence-corrected chi connectivity index (χ0v) is 41.5. The third-order valence-corrected chi connectivity index (χ3v) is 17.2. The summed E-state index contributed by atoms with van der Waals surface area (Å²) in [5.41, 5.74) is 0. The van der Waals surface area contributed by atoms with Gasteiger partial charge in [-0.2, -0.15) is 0 Å². The van der Waals surface area contributed by atoms with Gasteiger partial charge in [-0.05, 0) is 37.4 Å². The summed E-state index contributed by atoms with van der Waals surface area (Å²) in [4.78, 5) is 24.1. The first kappa shape index (κ1) is 56.5. The van der Waals surface area contributed by atoms with Crippen molar-refractivity contribution in [1.82, 2.24) is 5.32 Å². The highest BCUT2D eigenvalue weighted by Crippen LogP contribution is 2.44. The predicted molar refractivity (Wildman–Crippen MR) is 248 cm³/mol. The molecule has 0 fully saturated rings. The Kier molecular flexibility index (Phi) is 33.8. The number of carbonyl (C=O) groups excluding carboxylic acids is 1. The van der Waals surface area contributed by atoms with Crippen LogP contribution in [0.2, 0.25) is 18.1 Å². The highest BCUT2D eigenvalue weighted by atomic mass is 31.2. The fourth-order valence-corrected chi connectivity index (χ4v) is 8.74. The lowest BCUT2D eigenvalue weighted by Crippen LogP contribution is -2.52. The third-order valence-electron chi connectivity index (χ3n) is 11.7. The third kappa shape index (κ3) is 34.8. The lowest BCUT2D eigenvalue weighted by molar-refractivity contribution is -0.870. The Balaban J connectivity index is 5.25. The van der Waals surface area contributed by atoms with Gasteiger partial charge in [0.2, 0.25) is 5.91 Å². The number of amides is 1. The number of nitrogens with zero attached hydrogens (tertiary/aromatic N) is 1. The number of phosphoric ester groups is 1. The minimum absolute atomic E-state index is 0.0566. The standard InChI is InChI=1S/C47H97N2O6PSi/c1-11-13-15-17-19-21-23-25-26-28-30-32-34-36-38-40-46(50)48-44(43-54-56(51,52)53-42-41-49(6,7)8)45(55-57(9,10)47(3,4)5)39-37-35-33-31-29-27-24-22-20-18-16-14-12-2/h37,39,44-45H,11-36,38,40-43H2,1-10H3,(H-,48,50,51,52)/p+1/b39-37+/t44-,45+/m0/s1. The molecular formula is C47H98N2O6PSi+. The Morgan fingerprint density at radius 3 is 1.49 bits per heavy atom. The molecule has 2 N–H and O–H groups in total. The van der Waals surface area contributed by atoms with E-state index >= 15 is 0 Å². The van der Waals surface area contributed by atoms with Gasteiger partial charge in [0.05, 0.1) is 39.9 Å². The molecule has 0 aromatic rings. The quantitative estimate of drug-likeness (QED) is 0.0210. The second-order valence-electron chi connectivity index (χ2n) is 19.6. The first-order chi connectivity index (χ1) is 26.9. The van der Waals surface area contributed by atoms with Crippen LogP contribution in [0.15, 0.2) is 12.2 Å². The summed E-state index contributed by atoms with van der Waals surface area (Å²) < 4.78 is 31.5. The molecule has 3 atom stereocenters.